The highest BCUT2D eigenvalue weighted by Crippen LogP contribution is 2.30. The third-order valence-corrected chi connectivity index (χ3v) is 4.17. The number of carbonyl (C=O) groups is 1. The van der Waals surface area contributed by atoms with E-state index in [1.807, 2.05) is 0 Å². The lowest BCUT2D eigenvalue weighted by Gasteiger charge is -2.13. The summed E-state index contributed by atoms with van der Waals surface area (Å²) in [6.45, 7) is 0.908. The highest BCUT2D eigenvalue weighted by Gasteiger charge is 2.10. The van der Waals surface area contributed by atoms with E-state index in [4.69, 9.17) is 14.2 Å². The predicted octanol–water partition coefficient (Wildman–Crippen LogP) is 1.85. The first-order valence-corrected chi connectivity index (χ1v) is 9.04. The molecule has 0 aliphatic heterocycles. The molecule has 0 bridgehead atoms. The molecule has 9 nitrogen and oxygen atoms in total. The Bertz CT molecular complexity index is 1050. The lowest BCUT2D eigenvalue weighted by molar-refractivity contribution is -0.116. The third-order valence-electron chi connectivity index (χ3n) is 4.17. The number of benzene rings is 2. The second-order valence-electron chi connectivity index (χ2n) is 6.14. The number of hydrogen-bond donors (Lipinski definition) is 1. The van der Waals surface area contributed by atoms with Gasteiger partial charge in [0, 0.05) is 25.3 Å². The summed E-state index contributed by atoms with van der Waals surface area (Å²) in [6.07, 6.45) is 0.0683. The van der Waals surface area contributed by atoms with Gasteiger partial charge >= 0.3 is 0 Å². The van der Waals surface area contributed by atoms with Gasteiger partial charge in [-0.3, -0.25) is 9.59 Å². The van der Waals surface area contributed by atoms with Crippen molar-refractivity contribution in [3.8, 4) is 11.5 Å². The number of anilines is 1. The van der Waals surface area contributed by atoms with Gasteiger partial charge in [-0.25, -0.2) is 4.68 Å². The summed E-state index contributed by atoms with van der Waals surface area (Å²) in [6, 6.07) is 12.0. The van der Waals surface area contributed by atoms with Crippen molar-refractivity contribution in [2.45, 2.75) is 13.0 Å². The molecule has 0 aliphatic rings. The molecule has 1 heterocycles. The molecule has 0 saturated carbocycles. The van der Waals surface area contributed by atoms with E-state index in [9.17, 15) is 9.59 Å². The minimum atomic E-state index is -0.276. The van der Waals surface area contributed by atoms with Gasteiger partial charge < -0.3 is 19.5 Å². The van der Waals surface area contributed by atoms with Crippen molar-refractivity contribution in [1.29, 1.82) is 0 Å². The number of fused-ring (bicyclic) bond motifs is 1. The number of nitrogens with zero attached hydrogens (tertiary/aromatic N) is 3. The molecule has 1 aromatic heterocycles. The SMILES string of the molecule is COCCOc1cc(NC(=O)CCn2nnc3ccccc3c2=O)ccc1OC. The van der Waals surface area contributed by atoms with E-state index in [1.165, 1.54) is 4.68 Å². The molecule has 0 spiro atoms. The van der Waals surface area contributed by atoms with Gasteiger partial charge in [0.2, 0.25) is 5.91 Å². The average molecular weight is 398 g/mol. The van der Waals surface area contributed by atoms with Gasteiger partial charge in [0.25, 0.3) is 5.56 Å². The molecule has 0 fully saturated rings. The number of methoxy groups -OCH3 is 2. The average Bonchev–Trinajstić information content (AvgIpc) is 2.74. The number of aromatic nitrogens is 3. The summed E-state index contributed by atoms with van der Waals surface area (Å²) in [5.74, 6) is 0.788. The van der Waals surface area contributed by atoms with Crippen molar-refractivity contribution in [3.05, 3.63) is 52.8 Å². The largest absolute Gasteiger partial charge is 0.493 e. The van der Waals surface area contributed by atoms with Crippen molar-refractivity contribution >= 4 is 22.5 Å². The fourth-order valence-electron chi connectivity index (χ4n) is 2.70. The van der Waals surface area contributed by atoms with Crippen LogP contribution in [0.1, 0.15) is 6.42 Å². The van der Waals surface area contributed by atoms with E-state index in [2.05, 4.69) is 15.6 Å². The Kier molecular flexibility index (Phi) is 6.75. The Labute approximate surface area is 167 Å². The monoisotopic (exact) mass is 398 g/mol. The summed E-state index contributed by atoms with van der Waals surface area (Å²) in [5.41, 5.74) is 0.805. The molecule has 0 aliphatic carbocycles. The van der Waals surface area contributed by atoms with E-state index < -0.39 is 0 Å². The zero-order valence-corrected chi connectivity index (χ0v) is 16.3. The molecule has 0 saturated heterocycles. The van der Waals surface area contributed by atoms with E-state index >= 15 is 0 Å². The first-order valence-electron chi connectivity index (χ1n) is 9.04. The van der Waals surface area contributed by atoms with Crippen molar-refractivity contribution in [1.82, 2.24) is 15.0 Å². The van der Waals surface area contributed by atoms with Crippen molar-refractivity contribution in [2.24, 2.45) is 0 Å². The maximum Gasteiger partial charge on any atom is 0.277 e. The van der Waals surface area contributed by atoms with Gasteiger partial charge in [-0.05, 0) is 24.3 Å². The smallest absolute Gasteiger partial charge is 0.277 e. The Balaban J connectivity index is 1.64. The minimum absolute atomic E-state index is 0.0683. The Morgan fingerprint density at radius 2 is 1.93 bits per heavy atom. The fraction of sp³-hybridized carbons (Fsp3) is 0.300. The van der Waals surface area contributed by atoms with Crippen LogP contribution in [-0.4, -0.2) is 48.3 Å². The number of rotatable bonds is 9. The molecule has 29 heavy (non-hydrogen) atoms. The van der Waals surface area contributed by atoms with Gasteiger partial charge in [-0.1, -0.05) is 17.3 Å². The Morgan fingerprint density at radius 3 is 2.72 bits per heavy atom. The highest BCUT2D eigenvalue weighted by atomic mass is 16.5. The predicted molar refractivity (Wildman–Crippen MR) is 107 cm³/mol. The minimum Gasteiger partial charge on any atom is -0.493 e. The van der Waals surface area contributed by atoms with Crippen LogP contribution in [-0.2, 0) is 16.1 Å². The van der Waals surface area contributed by atoms with Gasteiger partial charge in [0.15, 0.2) is 11.5 Å². The highest BCUT2D eigenvalue weighted by molar-refractivity contribution is 5.91. The summed E-state index contributed by atoms with van der Waals surface area (Å²) in [7, 11) is 3.13. The van der Waals surface area contributed by atoms with Gasteiger partial charge in [-0.15, -0.1) is 5.10 Å². The number of carbonyl (C=O) groups excluding carboxylic acids is 1. The topological polar surface area (TPSA) is 105 Å². The quantitative estimate of drug-likeness (QED) is 0.549. The normalized spacial score (nSPS) is 10.7. The van der Waals surface area contributed by atoms with E-state index in [0.717, 1.165) is 0 Å². The summed E-state index contributed by atoms with van der Waals surface area (Å²) < 4.78 is 17.0. The molecule has 9 heteroatoms. The molecule has 2 aromatic carbocycles. The van der Waals surface area contributed by atoms with Crippen LogP contribution >= 0.6 is 0 Å². The van der Waals surface area contributed by atoms with Crippen molar-refractivity contribution in [3.63, 3.8) is 0 Å². The number of hydrogen-bond acceptors (Lipinski definition) is 7. The first kappa shape index (κ1) is 20.3. The molecule has 152 valence electrons. The lowest BCUT2D eigenvalue weighted by atomic mass is 10.2. The molecule has 0 unspecified atom stereocenters. The second kappa shape index (κ2) is 9.65. The molecule has 1 N–H and O–H groups in total. The Morgan fingerprint density at radius 1 is 1.10 bits per heavy atom. The zero-order valence-electron chi connectivity index (χ0n) is 16.3. The van der Waals surface area contributed by atoms with Crippen LogP contribution in [0.5, 0.6) is 11.5 Å². The van der Waals surface area contributed by atoms with Gasteiger partial charge in [-0.2, -0.15) is 0 Å². The molecule has 1 amide bonds. The van der Waals surface area contributed by atoms with E-state index in [1.54, 1.807) is 56.7 Å². The van der Waals surface area contributed by atoms with E-state index in [0.29, 0.717) is 41.3 Å². The second-order valence-corrected chi connectivity index (χ2v) is 6.14. The number of aryl methyl sites for hydroxylation is 1. The van der Waals surface area contributed by atoms with Crippen LogP contribution in [0.3, 0.4) is 0 Å². The zero-order chi connectivity index (χ0) is 20.6. The van der Waals surface area contributed by atoms with Crippen LogP contribution in [0.25, 0.3) is 10.9 Å². The van der Waals surface area contributed by atoms with Crippen molar-refractivity contribution < 1.29 is 19.0 Å². The molecule has 0 radical (unpaired) electrons. The van der Waals surface area contributed by atoms with Crippen LogP contribution in [0.2, 0.25) is 0 Å². The number of nitrogens with one attached hydrogen (secondary N) is 1. The van der Waals surface area contributed by atoms with Gasteiger partial charge in [0.05, 0.1) is 25.6 Å². The first-order chi connectivity index (χ1) is 14.1. The standard InChI is InChI=1S/C20H22N4O5/c1-27-11-12-29-18-13-14(7-8-17(18)28-2)21-19(25)9-10-24-20(26)15-5-3-4-6-16(15)22-23-24/h3-8,13H,9-12H2,1-2H3,(H,21,25). The van der Waals surface area contributed by atoms with Crippen molar-refractivity contribution in [2.75, 3.05) is 32.8 Å². The molecular formula is C20H22N4O5. The van der Waals surface area contributed by atoms with Crippen LogP contribution < -0.4 is 20.3 Å². The molecule has 3 aromatic rings. The van der Waals surface area contributed by atoms with Crippen LogP contribution in [0.4, 0.5) is 5.69 Å². The van der Waals surface area contributed by atoms with E-state index in [-0.39, 0.29) is 24.4 Å². The summed E-state index contributed by atoms with van der Waals surface area (Å²) >= 11 is 0. The molecular weight excluding hydrogens is 376 g/mol. The maximum atomic E-state index is 12.4. The summed E-state index contributed by atoms with van der Waals surface area (Å²) in [4.78, 5) is 24.7. The van der Waals surface area contributed by atoms with Gasteiger partial charge in [0.1, 0.15) is 12.1 Å². The number of ether oxygens (including phenoxy) is 3. The maximum absolute atomic E-state index is 12.4. The lowest BCUT2D eigenvalue weighted by Crippen LogP contribution is -2.26. The van der Waals surface area contributed by atoms with Crippen LogP contribution in [0.15, 0.2) is 47.3 Å². The molecule has 3 rings (SSSR count). The molecule has 0 atom stereocenters. The third kappa shape index (κ3) is 5.08. The Hall–Kier alpha value is -3.46. The number of amides is 1. The van der Waals surface area contributed by atoms with Crippen LogP contribution in [0, 0.1) is 0 Å². The summed E-state index contributed by atoms with van der Waals surface area (Å²) in [5, 5.41) is 11.2. The fourth-order valence-corrected chi connectivity index (χ4v) is 2.70.